The number of aromatic nitrogens is 1. The lowest BCUT2D eigenvalue weighted by Gasteiger charge is -2.03. The number of benzene rings is 1. The third-order valence-corrected chi connectivity index (χ3v) is 2.68. The van der Waals surface area contributed by atoms with Gasteiger partial charge in [-0.15, -0.1) is 12.4 Å². The highest BCUT2D eigenvalue weighted by atomic mass is 35.5. The maximum Gasteiger partial charge on any atom is 0.320 e. The fourth-order valence-electron chi connectivity index (χ4n) is 1.95. The van der Waals surface area contributed by atoms with Gasteiger partial charge in [-0.2, -0.15) is 0 Å². The molecule has 0 unspecified atom stereocenters. The number of nitrogens with two attached hydrogens (primary N) is 1. The fraction of sp³-hybridized carbons (Fsp3) is 0.273. The molecule has 6 nitrogen and oxygen atoms in total. The number of halogens is 1. The summed E-state index contributed by atoms with van der Waals surface area (Å²) in [6.45, 7) is 0.446. The van der Waals surface area contributed by atoms with Gasteiger partial charge in [-0.05, 0) is 30.7 Å². The molecule has 1 aromatic carbocycles. The summed E-state index contributed by atoms with van der Waals surface area (Å²) >= 11 is 0. The van der Waals surface area contributed by atoms with Crippen LogP contribution >= 0.6 is 12.4 Å². The maximum atomic E-state index is 11.1. The Balaban J connectivity index is 0.00000162. The number of nitro benzene ring substituents is 1. The molecule has 0 saturated carbocycles. The van der Waals surface area contributed by atoms with E-state index in [2.05, 4.69) is 4.98 Å². The number of rotatable bonds is 4. The Morgan fingerprint density at radius 1 is 1.50 bits per heavy atom. The van der Waals surface area contributed by atoms with E-state index in [0.29, 0.717) is 18.4 Å². The second-order valence-corrected chi connectivity index (χ2v) is 3.65. The van der Waals surface area contributed by atoms with Crippen LogP contribution in [0.25, 0.3) is 10.9 Å². The molecule has 2 aromatic rings. The van der Waals surface area contributed by atoms with Crippen molar-refractivity contribution in [1.82, 2.24) is 4.98 Å². The molecule has 0 saturated heterocycles. The predicted molar refractivity (Wildman–Crippen MR) is 71.5 cm³/mol. The molecular formula is C11H14ClN3O3. The zero-order valence-corrected chi connectivity index (χ0v) is 10.6. The van der Waals surface area contributed by atoms with E-state index in [1.54, 1.807) is 18.3 Å². The van der Waals surface area contributed by atoms with Crippen LogP contribution < -0.4 is 10.5 Å². The van der Waals surface area contributed by atoms with Crippen molar-refractivity contribution in [2.45, 2.75) is 6.42 Å². The molecule has 2 rings (SSSR count). The highest BCUT2D eigenvalue weighted by molar-refractivity contribution is 5.94. The summed E-state index contributed by atoms with van der Waals surface area (Å²) in [6, 6.07) is 3.35. The van der Waals surface area contributed by atoms with Crippen LogP contribution in [0, 0.1) is 10.1 Å². The van der Waals surface area contributed by atoms with Crippen molar-refractivity contribution in [3.05, 3.63) is 34.0 Å². The van der Waals surface area contributed by atoms with Crippen molar-refractivity contribution in [3.63, 3.8) is 0 Å². The third kappa shape index (κ3) is 2.25. The van der Waals surface area contributed by atoms with Crippen LogP contribution in [0.4, 0.5) is 5.69 Å². The Morgan fingerprint density at radius 2 is 2.22 bits per heavy atom. The summed E-state index contributed by atoms with van der Waals surface area (Å²) in [7, 11) is 1.42. The summed E-state index contributed by atoms with van der Waals surface area (Å²) in [5, 5.41) is 11.7. The summed E-state index contributed by atoms with van der Waals surface area (Å²) in [5.74, 6) is 0.264. The van der Waals surface area contributed by atoms with Crippen molar-refractivity contribution in [3.8, 4) is 5.75 Å². The molecule has 1 aromatic heterocycles. The second kappa shape index (κ2) is 5.70. The van der Waals surface area contributed by atoms with Crippen LogP contribution in [0.15, 0.2) is 18.3 Å². The minimum atomic E-state index is -0.422. The molecule has 98 valence electrons. The molecule has 7 heteroatoms. The van der Waals surface area contributed by atoms with Gasteiger partial charge in [0.15, 0.2) is 5.75 Å². The van der Waals surface area contributed by atoms with Crippen LogP contribution in [0.2, 0.25) is 0 Å². The number of methoxy groups -OCH3 is 1. The van der Waals surface area contributed by atoms with Crippen LogP contribution in [0.3, 0.4) is 0 Å². The van der Waals surface area contributed by atoms with Gasteiger partial charge in [0.2, 0.25) is 0 Å². The second-order valence-electron chi connectivity index (χ2n) is 3.65. The van der Waals surface area contributed by atoms with Crippen LogP contribution in [-0.2, 0) is 6.42 Å². The maximum absolute atomic E-state index is 11.1. The minimum Gasteiger partial charge on any atom is -0.490 e. The average Bonchev–Trinajstić information content (AvgIpc) is 2.71. The van der Waals surface area contributed by atoms with Crippen molar-refractivity contribution in [2.75, 3.05) is 13.7 Å². The first-order valence-corrected chi connectivity index (χ1v) is 5.20. The van der Waals surface area contributed by atoms with E-state index in [-0.39, 0.29) is 23.8 Å². The topological polar surface area (TPSA) is 94.2 Å². The molecule has 0 aliphatic rings. The van der Waals surface area contributed by atoms with E-state index in [0.717, 1.165) is 11.1 Å². The predicted octanol–water partition coefficient (Wildman–Crippen LogP) is 2.01. The van der Waals surface area contributed by atoms with E-state index in [9.17, 15) is 10.1 Å². The Kier molecular flexibility index (Phi) is 4.52. The van der Waals surface area contributed by atoms with Crippen LogP contribution in [-0.4, -0.2) is 23.6 Å². The van der Waals surface area contributed by atoms with Crippen molar-refractivity contribution in [2.24, 2.45) is 5.73 Å². The van der Waals surface area contributed by atoms with Gasteiger partial charge >= 0.3 is 5.69 Å². The number of ether oxygens (including phenoxy) is 1. The van der Waals surface area contributed by atoms with E-state index in [4.69, 9.17) is 10.5 Å². The van der Waals surface area contributed by atoms with E-state index in [1.165, 1.54) is 7.11 Å². The SMILES string of the molecule is COc1ccc2[nH]cc(CCN)c2c1[N+](=O)[O-].Cl. The Bertz CT molecular complexity index is 568. The van der Waals surface area contributed by atoms with E-state index >= 15 is 0 Å². The zero-order valence-electron chi connectivity index (χ0n) is 9.80. The van der Waals surface area contributed by atoms with Gasteiger partial charge in [0.1, 0.15) is 0 Å². The first kappa shape index (κ1) is 14.3. The highest BCUT2D eigenvalue weighted by Crippen LogP contribution is 2.36. The quantitative estimate of drug-likeness (QED) is 0.657. The molecule has 0 atom stereocenters. The first-order chi connectivity index (χ1) is 8.19. The lowest BCUT2D eigenvalue weighted by Crippen LogP contribution is -2.03. The minimum absolute atomic E-state index is 0. The first-order valence-electron chi connectivity index (χ1n) is 5.20. The average molecular weight is 272 g/mol. The lowest BCUT2D eigenvalue weighted by molar-refractivity contribution is -0.384. The molecule has 0 aliphatic carbocycles. The zero-order chi connectivity index (χ0) is 12.4. The number of nitrogens with zero attached hydrogens (tertiary/aromatic N) is 1. The number of fused-ring (bicyclic) bond motifs is 1. The van der Waals surface area contributed by atoms with E-state index < -0.39 is 4.92 Å². The van der Waals surface area contributed by atoms with Crippen LogP contribution in [0.5, 0.6) is 5.75 Å². The van der Waals surface area contributed by atoms with E-state index in [1.807, 2.05) is 0 Å². The summed E-state index contributed by atoms with van der Waals surface area (Å²) in [4.78, 5) is 13.7. The third-order valence-electron chi connectivity index (χ3n) is 2.68. The van der Waals surface area contributed by atoms with Gasteiger partial charge in [-0.3, -0.25) is 10.1 Å². The number of nitrogens with one attached hydrogen (secondary N) is 1. The molecule has 0 fully saturated rings. The smallest absolute Gasteiger partial charge is 0.320 e. The monoisotopic (exact) mass is 271 g/mol. The number of nitro groups is 1. The fourth-order valence-corrected chi connectivity index (χ4v) is 1.95. The Labute approximate surface area is 110 Å². The number of H-pyrrole nitrogens is 1. The molecule has 0 radical (unpaired) electrons. The Hall–Kier alpha value is -1.79. The normalized spacial score (nSPS) is 10.1. The molecule has 0 spiro atoms. The van der Waals surface area contributed by atoms with Crippen molar-refractivity contribution < 1.29 is 9.66 Å². The largest absolute Gasteiger partial charge is 0.490 e. The Morgan fingerprint density at radius 3 is 2.78 bits per heavy atom. The van der Waals surface area contributed by atoms with Gasteiger partial charge in [-0.25, -0.2) is 0 Å². The van der Waals surface area contributed by atoms with Gasteiger partial charge in [0, 0.05) is 6.20 Å². The molecule has 3 N–H and O–H groups in total. The summed E-state index contributed by atoms with van der Waals surface area (Å²) in [5.41, 5.74) is 7.05. The van der Waals surface area contributed by atoms with Gasteiger partial charge in [-0.1, -0.05) is 0 Å². The number of aromatic amines is 1. The summed E-state index contributed by atoms with van der Waals surface area (Å²) in [6.07, 6.45) is 2.35. The molecular weight excluding hydrogens is 258 g/mol. The van der Waals surface area contributed by atoms with Crippen molar-refractivity contribution in [1.29, 1.82) is 0 Å². The standard InChI is InChI=1S/C11H13N3O3.ClH/c1-17-9-3-2-8-10(11(9)14(15)16)7(4-5-12)6-13-8;/h2-3,6,13H,4-5,12H2,1H3;1H. The molecule has 1 heterocycles. The molecule has 0 bridgehead atoms. The lowest BCUT2D eigenvalue weighted by atomic mass is 10.1. The highest BCUT2D eigenvalue weighted by Gasteiger charge is 2.22. The van der Waals surface area contributed by atoms with Gasteiger partial charge in [0.05, 0.1) is 22.9 Å². The molecule has 0 aliphatic heterocycles. The van der Waals surface area contributed by atoms with Gasteiger partial charge < -0.3 is 15.5 Å². The molecule has 18 heavy (non-hydrogen) atoms. The summed E-state index contributed by atoms with van der Waals surface area (Å²) < 4.78 is 5.03. The van der Waals surface area contributed by atoms with Crippen LogP contribution in [0.1, 0.15) is 5.56 Å². The van der Waals surface area contributed by atoms with Gasteiger partial charge in [0.25, 0.3) is 0 Å². The number of hydrogen-bond acceptors (Lipinski definition) is 4. The van der Waals surface area contributed by atoms with Crippen molar-refractivity contribution >= 4 is 29.0 Å². The molecule has 0 amide bonds. The number of hydrogen-bond donors (Lipinski definition) is 2.